The molecule has 1 saturated carbocycles. The zero-order valence-electron chi connectivity index (χ0n) is 9.83. The SMILES string of the molecule is CC(C)N(C(=O)[C@H]1CCN1)C1CCCC1. The smallest absolute Gasteiger partial charge is 0.240 e. The lowest BCUT2D eigenvalue weighted by molar-refractivity contribution is -0.139. The van der Waals surface area contributed by atoms with Gasteiger partial charge in [-0.05, 0) is 39.7 Å². The third-order valence-corrected chi connectivity index (χ3v) is 3.65. The van der Waals surface area contributed by atoms with Crippen LogP contribution in [0.4, 0.5) is 0 Å². The van der Waals surface area contributed by atoms with Crippen LogP contribution in [0.2, 0.25) is 0 Å². The normalized spacial score (nSPS) is 26.7. The predicted octanol–water partition coefficient (Wildman–Crippen LogP) is 1.53. The Balaban J connectivity index is 2.00. The molecule has 1 atom stereocenters. The van der Waals surface area contributed by atoms with Crippen molar-refractivity contribution in [1.29, 1.82) is 0 Å². The molecule has 2 aliphatic rings. The average Bonchev–Trinajstić information content (AvgIpc) is 2.52. The van der Waals surface area contributed by atoms with Crippen LogP contribution >= 0.6 is 0 Å². The molecule has 1 aliphatic heterocycles. The Bertz CT molecular complexity index is 230. The van der Waals surface area contributed by atoms with Crippen LogP contribution in [-0.4, -0.2) is 35.5 Å². The summed E-state index contributed by atoms with van der Waals surface area (Å²) in [5.41, 5.74) is 0. The van der Waals surface area contributed by atoms with Gasteiger partial charge in [0.25, 0.3) is 0 Å². The molecule has 1 N–H and O–H groups in total. The molecule has 0 aromatic rings. The van der Waals surface area contributed by atoms with E-state index in [4.69, 9.17) is 0 Å². The van der Waals surface area contributed by atoms with Gasteiger partial charge < -0.3 is 10.2 Å². The van der Waals surface area contributed by atoms with Gasteiger partial charge in [-0.3, -0.25) is 4.79 Å². The lowest BCUT2D eigenvalue weighted by Gasteiger charge is -2.38. The molecule has 1 aliphatic carbocycles. The van der Waals surface area contributed by atoms with E-state index in [2.05, 4.69) is 24.1 Å². The maximum Gasteiger partial charge on any atom is 0.240 e. The van der Waals surface area contributed by atoms with Gasteiger partial charge in [-0.25, -0.2) is 0 Å². The molecule has 0 bridgehead atoms. The van der Waals surface area contributed by atoms with Crippen LogP contribution < -0.4 is 5.32 Å². The third kappa shape index (κ3) is 2.17. The number of nitrogens with zero attached hydrogens (tertiary/aromatic N) is 1. The van der Waals surface area contributed by atoms with Crippen molar-refractivity contribution in [3.05, 3.63) is 0 Å². The summed E-state index contributed by atoms with van der Waals surface area (Å²) in [4.78, 5) is 14.3. The average molecular weight is 210 g/mol. The summed E-state index contributed by atoms with van der Waals surface area (Å²) in [6.45, 7) is 5.27. The Morgan fingerprint density at radius 1 is 1.27 bits per heavy atom. The summed E-state index contributed by atoms with van der Waals surface area (Å²) in [5.74, 6) is 0.336. The number of nitrogens with one attached hydrogen (secondary N) is 1. The minimum Gasteiger partial charge on any atom is -0.336 e. The number of carbonyl (C=O) groups excluding carboxylic acids is 1. The van der Waals surface area contributed by atoms with Crippen molar-refractivity contribution in [2.24, 2.45) is 0 Å². The van der Waals surface area contributed by atoms with Crippen molar-refractivity contribution < 1.29 is 4.79 Å². The molecule has 0 radical (unpaired) electrons. The molecule has 86 valence electrons. The first-order valence-corrected chi connectivity index (χ1v) is 6.25. The zero-order valence-corrected chi connectivity index (χ0v) is 9.83. The topological polar surface area (TPSA) is 32.3 Å². The van der Waals surface area contributed by atoms with E-state index in [1.807, 2.05) is 0 Å². The highest BCUT2D eigenvalue weighted by atomic mass is 16.2. The summed E-state index contributed by atoms with van der Waals surface area (Å²) in [6, 6.07) is 0.982. The molecule has 3 heteroatoms. The molecule has 1 heterocycles. The van der Waals surface area contributed by atoms with Gasteiger partial charge in [0.1, 0.15) is 0 Å². The van der Waals surface area contributed by atoms with Gasteiger partial charge in [-0.15, -0.1) is 0 Å². The largest absolute Gasteiger partial charge is 0.336 e. The van der Waals surface area contributed by atoms with Gasteiger partial charge in [-0.2, -0.15) is 0 Å². The van der Waals surface area contributed by atoms with E-state index in [0.717, 1.165) is 13.0 Å². The zero-order chi connectivity index (χ0) is 10.8. The van der Waals surface area contributed by atoms with Gasteiger partial charge in [0, 0.05) is 12.1 Å². The van der Waals surface area contributed by atoms with Crippen LogP contribution in [0.5, 0.6) is 0 Å². The molecule has 0 unspecified atom stereocenters. The third-order valence-electron chi connectivity index (χ3n) is 3.65. The van der Waals surface area contributed by atoms with Crippen LogP contribution in [0.3, 0.4) is 0 Å². The molecule has 3 nitrogen and oxygen atoms in total. The standard InChI is InChI=1S/C12H22N2O/c1-9(2)14(10-5-3-4-6-10)12(15)11-7-8-13-11/h9-11,13H,3-8H2,1-2H3/t11-/m1/s1. The first-order chi connectivity index (χ1) is 7.20. The van der Waals surface area contributed by atoms with Crippen molar-refractivity contribution in [2.45, 2.75) is 64.1 Å². The fourth-order valence-electron chi connectivity index (χ4n) is 2.72. The first-order valence-electron chi connectivity index (χ1n) is 6.25. The Hall–Kier alpha value is -0.570. The Morgan fingerprint density at radius 3 is 2.27 bits per heavy atom. The minimum atomic E-state index is 0.119. The Morgan fingerprint density at radius 2 is 1.87 bits per heavy atom. The van der Waals surface area contributed by atoms with E-state index in [1.54, 1.807) is 0 Å². The fraction of sp³-hybridized carbons (Fsp3) is 0.917. The summed E-state index contributed by atoms with van der Waals surface area (Å²) in [7, 11) is 0. The highest BCUT2D eigenvalue weighted by Crippen LogP contribution is 2.26. The molecule has 2 fully saturated rings. The molecule has 0 aromatic carbocycles. The molecule has 15 heavy (non-hydrogen) atoms. The maximum atomic E-state index is 12.2. The second kappa shape index (κ2) is 4.52. The summed E-state index contributed by atoms with van der Waals surface area (Å²) >= 11 is 0. The molecular formula is C12H22N2O. The van der Waals surface area contributed by atoms with E-state index in [1.165, 1.54) is 25.7 Å². The monoisotopic (exact) mass is 210 g/mol. The van der Waals surface area contributed by atoms with Gasteiger partial charge in [0.05, 0.1) is 6.04 Å². The van der Waals surface area contributed by atoms with Crippen molar-refractivity contribution in [3.8, 4) is 0 Å². The molecule has 1 saturated heterocycles. The maximum absolute atomic E-state index is 12.2. The lowest BCUT2D eigenvalue weighted by atomic mass is 10.0. The molecule has 1 amide bonds. The highest BCUT2D eigenvalue weighted by Gasteiger charge is 2.35. The van der Waals surface area contributed by atoms with Crippen molar-refractivity contribution in [2.75, 3.05) is 6.54 Å². The first kappa shape index (κ1) is 10.9. The number of hydrogen-bond acceptors (Lipinski definition) is 2. The van der Waals surface area contributed by atoms with E-state index >= 15 is 0 Å². The number of hydrogen-bond donors (Lipinski definition) is 1. The van der Waals surface area contributed by atoms with Gasteiger partial charge in [0.15, 0.2) is 0 Å². The minimum absolute atomic E-state index is 0.119. The predicted molar refractivity (Wildman–Crippen MR) is 60.6 cm³/mol. The summed E-state index contributed by atoms with van der Waals surface area (Å²) < 4.78 is 0. The van der Waals surface area contributed by atoms with E-state index in [0.29, 0.717) is 18.0 Å². The molecule has 2 rings (SSSR count). The summed E-state index contributed by atoms with van der Waals surface area (Å²) in [6.07, 6.45) is 6.01. The van der Waals surface area contributed by atoms with Crippen molar-refractivity contribution in [1.82, 2.24) is 10.2 Å². The second-order valence-electron chi connectivity index (χ2n) is 5.07. The van der Waals surface area contributed by atoms with Gasteiger partial charge in [0.2, 0.25) is 5.91 Å². The quantitative estimate of drug-likeness (QED) is 0.766. The highest BCUT2D eigenvalue weighted by molar-refractivity contribution is 5.83. The Kier molecular flexibility index (Phi) is 3.29. The van der Waals surface area contributed by atoms with E-state index in [9.17, 15) is 4.79 Å². The molecule has 0 spiro atoms. The van der Waals surface area contributed by atoms with E-state index < -0.39 is 0 Å². The van der Waals surface area contributed by atoms with Crippen LogP contribution in [0.25, 0.3) is 0 Å². The van der Waals surface area contributed by atoms with Crippen LogP contribution in [-0.2, 0) is 4.79 Å². The fourth-order valence-corrected chi connectivity index (χ4v) is 2.72. The van der Waals surface area contributed by atoms with Crippen LogP contribution in [0.15, 0.2) is 0 Å². The lowest BCUT2D eigenvalue weighted by Crippen LogP contribution is -2.58. The van der Waals surface area contributed by atoms with Gasteiger partial charge in [-0.1, -0.05) is 12.8 Å². The number of carbonyl (C=O) groups is 1. The van der Waals surface area contributed by atoms with Crippen molar-refractivity contribution >= 4 is 5.91 Å². The molecular weight excluding hydrogens is 188 g/mol. The van der Waals surface area contributed by atoms with E-state index in [-0.39, 0.29) is 6.04 Å². The number of amides is 1. The molecule has 0 aromatic heterocycles. The summed E-state index contributed by atoms with van der Waals surface area (Å²) in [5, 5.41) is 3.21. The van der Waals surface area contributed by atoms with Crippen LogP contribution in [0.1, 0.15) is 46.0 Å². The second-order valence-corrected chi connectivity index (χ2v) is 5.07. The van der Waals surface area contributed by atoms with Gasteiger partial charge >= 0.3 is 0 Å². The Labute approximate surface area is 92.2 Å². The number of rotatable bonds is 3. The van der Waals surface area contributed by atoms with Crippen LogP contribution in [0, 0.1) is 0 Å². The van der Waals surface area contributed by atoms with Crippen molar-refractivity contribution in [3.63, 3.8) is 0 Å².